The number of aliphatic hydroxyl groups is 1. The number of nitrogens with one attached hydrogen (secondary N) is 2. The molecule has 2 aliphatic rings. The molecular weight excluding hydrogens is 604 g/mol. The Bertz CT molecular complexity index is 1730. The van der Waals surface area contributed by atoms with Gasteiger partial charge in [-0.3, -0.25) is 0 Å². The Morgan fingerprint density at radius 3 is 2.43 bits per heavy atom. The standard InChI is InChI=1S/C31H36N4O7S2/c1-33-43(37,38)29-9-4-8-28(17-29)41-22-27(36)20-34-26-18-31(42-21-26)11-13-35(14-12-31)44(39,40)30-10-3-7-25(16-30)24-6-2-5-23(15-24)19-32/h2-10,15-17,26-27,33-34,36H,11-14,18,20-22H2,1H3. The average molecular weight is 641 g/mol. The zero-order chi connectivity index (χ0) is 31.4. The van der Waals surface area contributed by atoms with Crippen molar-refractivity contribution < 1.29 is 31.4 Å². The summed E-state index contributed by atoms with van der Waals surface area (Å²) in [6.45, 7) is 1.36. The molecule has 44 heavy (non-hydrogen) atoms. The van der Waals surface area contributed by atoms with Crippen LogP contribution in [0.1, 0.15) is 24.8 Å². The predicted molar refractivity (Wildman–Crippen MR) is 164 cm³/mol. The predicted octanol–water partition coefficient (Wildman–Crippen LogP) is 2.48. The first-order chi connectivity index (χ1) is 21.0. The molecule has 2 saturated heterocycles. The molecule has 0 bridgehead atoms. The smallest absolute Gasteiger partial charge is 0.243 e. The lowest BCUT2D eigenvalue weighted by Gasteiger charge is -2.38. The fourth-order valence-corrected chi connectivity index (χ4v) is 7.87. The number of nitrogens with zero attached hydrogens (tertiary/aromatic N) is 2. The second-order valence-electron chi connectivity index (χ2n) is 11.1. The van der Waals surface area contributed by atoms with Gasteiger partial charge >= 0.3 is 0 Å². The molecular formula is C31H36N4O7S2. The van der Waals surface area contributed by atoms with Gasteiger partial charge in [-0.2, -0.15) is 9.57 Å². The highest BCUT2D eigenvalue weighted by molar-refractivity contribution is 7.89. The minimum absolute atomic E-state index is 0.00207. The van der Waals surface area contributed by atoms with Crippen LogP contribution in [0.3, 0.4) is 0 Å². The summed E-state index contributed by atoms with van der Waals surface area (Å²) < 4.78 is 66.6. The molecule has 3 N–H and O–H groups in total. The largest absolute Gasteiger partial charge is 0.491 e. The Morgan fingerprint density at radius 2 is 1.70 bits per heavy atom. The van der Waals surface area contributed by atoms with Gasteiger partial charge in [0.25, 0.3) is 0 Å². The molecule has 0 radical (unpaired) electrons. The van der Waals surface area contributed by atoms with Crippen LogP contribution in [-0.2, 0) is 24.8 Å². The third-order valence-electron chi connectivity index (χ3n) is 8.11. The van der Waals surface area contributed by atoms with Crippen molar-refractivity contribution in [1.29, 1.82) is 5.26 Å². The van der Waals surface area contributed by atoms with Gasteiger partial charge < -0.3 is 19.9 Å². The van der Waals surface area contributed by atoms with Gasteiger partial charge in [0.2, 0.25) is 20.0 Å². The molecule has 2 unspecified atom stereocenters. The van der Waals surface area contributed by atoms with Crippen molar-refractivity contribution in [3.05, 3.63) is 78.4 Å². The Balaban J connectivity index is 1.11. The average Bonchev–Trinajstić information content (AvgIpc) is 3.45. The zero-order valence-corrected chi connectivity index (χ0v) is 26.0. The second kappa shape index (κ2) is 13.3. The van der Waals surface area contributed by atoms with Crippen LogP contribution in [0.15, 0.2) is 82.6 Å². The molecule has 2 aliphatic heterocycles. The molecule has 2 heterocycles. The van der Waals surface area contributed by atoms with Gasteiger partial charge in [-0.05, 0) is 73.8 Å². The maximum absolute atomic E-state index is 13.5. The van der Waals surface area contributed by atoms with Crippen LogP contribution in [0.5, 0.6) is 5.75 Å². The number of benzene rings is 3. The van der Waals surface area contributed by atoms with E-state index in [4.69, 9.17) is 9.47 Å². The lowest BCUT2D eigenvalue weighted by atomic mass is 9.88. The first kappa shape index (κ1) is 32.1. The number of hydrogen-bond acceptors (Lipinski definition) is 9. The molecule has 3 aromatic rings. The van der Waals surface area contributed by atoms with Gasteiger partial charge in [0, 0.05) is 31.7 Å². The molecule has 1 spiro atoms. The highest BCUT2D eigenvalue weighted by Crippen LogP contribution is 2.37. The summed E-state index contributed by atoms with van der Waals surface area (Å²) in [5.41, 5.74) is 1.59. The van der Waals surface area contributed by atoms with Crippen LogP contribution in [0.2, 0.25) is 0 Å². The third-order valence-corrected chi connectivity index (χ3v) is 11.4. The summed E-state index contributed by atoms with van der Waals surface area (Å²) >= 11 is 0. The highest BCUT2D eigenvalue weighted by atomic mass is 32.2. The number of aliphatic hydroxyl groups excluding tert-OH is 1. The quantitative estimate of drug-likeness (QED) is 0.286. The number of hydrogen-bond donors (Lipinski definition) is 3. The fraction of sp³-hybridized carbons (Fsp3) is 0.387. The number of nitriles is 1. The summed E-state index contributed by atoms with van der Waals surface area (Å²) in [6, 6.07) is 22.0. The molecule has 13 heteroatoms. The number of ether oxygens (including phenoxy) is 2. The van der Waals surface area contributed by atoms with E-state index in [-0.39, 0.29) is 29.0 Å². The van der Waals surface area contributed by atoms with Crippen LogP contribution < -0.4 is 14.8 Å². The molecule has 2 fully saturated rings. The topological polar surface area (TPSA) is 158 Å². The van der Waals surface area contributed by atoms with E-state index >= 15 is 0 Å². The Hall–Kier alpha value is -3.35. The number of rotatable bonds is 11. The van der Waals surface area contributed by atoms with Crippen molar-refractivity contribution in [1.82, 2.24) is 14.3 Å². The second-order valence-corrected chi connectivity index (χ2v) is 14.9. The van der Waals surface area contributed by atoms with Crippen LogP contribution in [0.25, 0.3) is 11.1 Å². The van der Waals surface area contributed by atoms with Crippen LogP contribution >= 0.6 is 0 Å². The van der Waals surface area contributed by atoms with E-state index in [1.54, 1.807) is 48.5 Å². The molecule has 0 aliphatic carbocycles. The summed E-state index contributed by atoms with van der Waals surface area (Å²) in [6.07, 6.45) is 0.988. The van der Waals surface area contributed by atoms with Crippen molar-refractivity contribution in [2.45, 2.75) is 46.8 Å². The Kier molecular flexibility index (Phi) is 9.71. The summed E-state index contributed by atoms with van der Waals surface area (Å²) in [5, 5.41) is 23.0. The monoisotopic (exact) mass is 640 g/mol. The molecule has 0 amide bonds. The summed E-state index contributed by atoms with van der Waals surface area (Å²) in [4.78, 5) is 0.292. The summed E-state index contributed by atoms with van der Waals surface area (Å²) in [7, 11) is -5.98. The van der Waals surface area contributed by atoms with Crippen molar-refractivity contribution >= 4 is 20.0 Å². The van der Waals surface area contributed by atoms with E-state index in [0.29, 0.717) is 50.3 Å². The van der Waals surface area contributed by atoms with E-state index < -0.39 is 31.8 Å². The molecule has 234 valence electrons. The van der Waals surface area contributed by atoms with Gasteiger partial charge in [0.05, 0.1) is 33.6 Å². The van der Waals surface area contributed by atoms with E-state index in [2.05, 4.69) is 16.1 Å². The lowest BCUT2D eigenvalue weighted by molar-refractivity contribution is -0.0312. The van der Waals surface area contributed by atoms with E-state index in [1.165, 1.54) is 23.5 Å². The molecule has 3 aromatic carbocycles. The third kappa shape index (κ3) is 7.30. The van der Waals surface area contributed by atoms with E-state index in [9.17, 15) is 27.2 Å². The fourth-order valence-electron chi connectivity index (χ4n) is 5.61. The number of piperidine rings is 1. The van der Waals surface area contributed by atoms with Crippen LogP contribution in [0, 0.1) is 11.3 Å². The molecule has 0 saturated carbocycles. The van der Waals surface area contributed by atoms with Crippen molar-refractivity contribution in [2.75, 3.05) is 39.9 Å². The van der Waals surface area contributed by atoms with Crippen molar-refractivity contribution in [3.8, 4) is 22.9 Å². The Labute approximate surface area is 258 Å². The van der Waals surface area contributed by atoms with Gasteiger partial charge in [0.1, 0.15) is 18.5 Å². The van der Waals surface area contributed by atoms with Gasteiger partial charge in [-0.1, -0.05) is 30.3 Å². The molecule has 5 rings (SSSR count). The molecule has 2 atom stereocenters. The van der Waals surface area contributed by atoms with Crippen LogP contribution in [-0.4, -0.2) is 83.9 Å². The molecule has 0 aromatic heterocycles. The first-order valence-corrected chi connectivity index (χ1v) is 17.3. The minimum atomic E-state index is -3.72. The van der Waals surface area contributed by atoms with E-state index in [1.807, 2.05) is 12.1 Å². The van der Waals surface area contributed by atoms with E-state index in [0.717, 1.165) is 11.1 Å². The maximum atomic E-state index is 13.5. The van der Waals surface area contributed by atoms with Crippen molar-refractivity contribution in [2.24, 2.45) is 0 Å². The highest BCUT2D eigenvalue weighted by Gasteiger charge is 2.44. The van der Waals surface area contributed by atoms with Gasteiger partial charge in [-0.25, -0.2) is 21.6 Å². The van der Waals surface area contributed by atoms with Crippen LogP contribution in [0.4, 0.5) is 0 Å². The normalized spacial score (nSPS) is 19.4. The van der Waals surface area contributed by atoms with Crippen molar-refractivity contribution in [3.63, 3.8) is 0 Å². The van der Waals surface area contributed by atoms with Gasteiger partial charge in [0.15, 0.2) is 0 Å². The maximum Gasteiger partial charge on any atom is 0.243 e. The number of sulfonamides is 2. The Morgan fingerprint density at radius 1 is 1.02 bits per heavy atom. The summed E-state index contributed by atoms with van der Waals surface area (Å²) in [5.74, 6) is 0.338. The zero-order valence-electron chi connectivity index (χ0n) is 24.3. The molecule has 11 nitrogen and oxygen atoms in total. The minimum Gasteiger partial charge on any atom is -0.491 e. The lowest BCUT2D eigenvalue weighted by Crippen LogP contribution is -2.47. The van der Waals surface area contributed by atoms with Gasteiger partial charge in [-0.15, -0.1) is 0 Å². The first-order valence-electron chi connectivity index (χ1n) is 14.4. The SMILES string of the molecule is CNS(=O)(=O)c1cccc(OCC(O)CNC2COC3(CCN(S(=O)(=O)c4cccc(-c5cccc(C#N)c5)c4)CC3)C2)c1.